The quantitative estimate of drug-likeness (QED) is 0.0200. The van der Waals surface area contributed by atoms with E-state index in [1.807, 2.05) is 21.1 Å². The Balaban J connectivity index is 4.31. The maximum absolute atomic E-state index is 12.6. The lowest BCUT2D eigenvalue weighted by Crippen LogP contribution is -2.37. The van der Waals surface area contributed by atoms with Gasteiger partial charge in [0.15, 0.2) is 6.10 Å². The number of phosphoric acid groups is 1. The predicted octanol–water partition coefficient (Wildman–Crippen LogP) is 11.3. The molecule has 0 amide bonds. The van der Waals surface area contributed by atoms with Crippen LogP contribution in [0.15, 0.2) is 48.6 Å². The van der Waals surface area contributed by atoms with Crippen molar-refractivity contribution in [1.29, 1.82) is 0 Å². The molecule has 9 nitrogen and oxygen atoms in total. The van der Waals surface area contributed by atoms with Crippen LogP contribution in [-0.2, 0) is 32.7 Å². The molecule has 0 fully saturated rings. The van der Waals surface area contributed by atoms with Crippen LogP contribution in [0.5, 0.6) is 0 Å². The number of quaternary nitrogens is 1. The van der Waals surface area contributed by atoms with Gasteiger partial charge in [-0.1, -0.05) is 152 Å². The maximum Gasteiger partial charge on any atom is 0.306 e. The molecule has 2 unspecified atom stereocenters. The first-order chi connectivity index (χ1) is 26.0. The fourth-order valence-electron chi connectivity index (χ4n) is 5.53. The van der Waals surface area contributed by atoms with Crippen LogP contribution in [-0.4, -0.2) is 70.0 Å². The molecule has 314 valence electrons. The summed E-state index contributed by atoms with van der Waals surface area (Å²) >= 11 is 0. The van der Waals surface area contributed by atoms with Crippen LogP contribution < -0.4 is 4.89 Å². The fraction of sp³-hybridized carbons (Fsp3) is 0.773. The number of hydrogen-bond acceptors (Lipinski definition) is 8. The molecule has 0 saturated heterocycles. The first-order valence-corrected chi connectivity index (χ1v) is 22.8. The zero-order valence-corrected chi connectivity index (χ0v) is 36.0. The highest BCUT2D eigenvalue weighted by atomic mass is 31.2. The molecular formula is C44H80NO8P. The Morgan fingerprint density at radius 2 is 1.06 bits per heavy atom. The third-order valence-corrected chi connectivity index (χ3v) is 9.83. The molecular weight excluding hydrogens is 701 g/mol. The Morgan fingerprint density at radius 1 is 0.593 bits per heavy atom. The van der Waals surface area contributed by atoms with Gasteiger partial charge in [0.1, 0.15) is 19.8 Å². The van der Waals surface area contributed by atoms with Crippen LogP contribution in [0.25, 0.3) is 0 Å². The number of carbonyl (C=O) groups excluding carboxylic acids is 2. The van der Waals surface area contributed by atoms with E-state index in [1.165, 1.54) is 64.2 Å². The molecule has 0 aliphatic carbocycles. The van der Waals surface area contributed by atoms with Crippen LogP contribution in [0.3, 0.4) is 0 Å². The topological polar surface area (TPSA) is 111 Å². The molecule has 0 spiro atoms. The molecule has 0 radical (unpaired) electrons. The summed E-state index contributed by atoms with van der Waals surface area (Å²) in [5.41, 5.74) is 0. The van der Waals surface area contributed by atoms with Gasteiger partial charge in [-0.25, -0.2) is 0 Å². The Morgan fingerprint density at radius 3 is 1.57 bits per heavy atom. The Labute approximate surface area is 331 Å². The van der Waals surface area contributed by atoms with Crippen molar-refractivity contribution in [2.24, 2.45) is 0 Å². The van der Waals surface area contributed by atoms with Crippen molar-refractivity contribution in [3.8, 4) is 0 Å². The molecule has 0 saturated carbocycles. The van der Waals surface area contributed by atoms with Crippen molar-refractivity contribution in [2.45, 2.75) is 174 Å². The summed E-state index contributed by atoms with van der Waals surface area (Å²) in [6.45, 7) is 4.07. The molecule has 0 N–H and O–H groups in total. The van der Waals surface area contributed by atoms with Crippen LogP contribution in [0.2, 0.25) is 0 Å². The van der Waals surface area contributed by atoms with Crippen molar-refractivity contribution in [1.82, 2.24) is 0 Å². The van der Waals surface area contributed by atoms with Crippen molar-refractivity contribution < 1.29 is 42.1 Å². The smallest absolute Gasteiger partial charge is 0.306 e. The number of phosphoric ester groups is 1. The van der Waals surface area contributed by atoms with Crippen LogP contribution in [0.1, 0.15) is 168 Å². The second kappa shape index (κ2) is 36.6. The summed E-state index contributed by atoms with van der Waals surface area (Å²) in [4.78, 5) is 37.4. The van der Waals surface area contributed by atoms with Crippen molar-refractivity contribution in [3.05, 3.63) is 48.6 Å². The largest absolute Gasteiger partial charge is 0.756 e. The van der Waals surface area contributed by atoms with E-state index in [4.69, 9.17) is 18.5 Å². The van der Waals surface area contributed by atoms with E-state index in [0.29, 0.717) is 17.4 Å². The van der Waals surface area contributed by atoms with Gasteiger partial charge >= 0.3 is 11.9 Å². The number of ether oxygens (including phenoxy) is 2. The highest BCUT2D eigenvalue weighted by Crippen LogP contribution is 2.38. The summed E-state index contributed by atoms with van der Waals surface area (Å²) in [5.74, 6) is -0.848. The zero-order valence-electron chi connectivity index (χ0n) is 35.2. The number of likely N-dealkylation sites (N-methyl/N-ethyl adjacent to an activating group) is 1. The summed E-state index contributed by atoms with van der Waals surface area (Å²) in [5, 5.41) is 0. The molecule has 0 rings (SSSR count). The minimum Gasteiger partial charge on any atom is -0.756 e. The number of unbranched alkanes of at least 4 members (excludes halogenated alkanes) is 16. The Bertz CT molecular complexity index is 1070. The third kappa shape index (κ3) is 39.7. The Kier molecular flexibility index (Phi) is 35.2. The molecule has 0 bridgehead atoms. The molecule has 0 aliphatic heterocycles. The minimum absolute atomic E-state index is 0.0332. The minimum atomic E-state index is -4.62. The molecule has 0 aromatic rings. The molecule has 54 heavy (non-hydrogen) atoms. The maximum atomic E-state index is 12.6. The molecule has 0 aliphatic rings. The van der Waals surface area contributed by atoms with Gasteiger partial charge in [-0.3, -0.25) is 14.2 Å². The van der Waals surface area contributed by atoms with E-state index < -0.39 is 32.5 Å². The highest BCUT2D eigenvalue weighted by molar-refractivity contribution is 7.45. The van der Waals surface area contributed by atoms with E-state index in [2.05, 4.69) is 62.5 Å². The summed E-state index contributed by atoms with van der Waals surface area (Å²) in [7, 11) is 1.15. The number of esters is 2. The van der Waals surface area contributed by atoms with Gasteiger partial charge in [-0.2, -0.15) is 0 Å². The Hall–Kier alpha value is -2.03. The standard InChI is InChI=1S/C44H80NO8P/c1-6-8-10-12-14-16-17-18-19-20-21-22-23-24-25-26-27-29-31-33-35-37-44(47)53-42(41-52-54(48,49)51-39-38-45(3,4)5)40-50-43(46)36-34-32-30-28-15-13-11-9-7-2/h8,10,14,16,18-19,21-22,42H,6-7,9,11-13,15,17,20,23-41H2,1-5H3/b10-8-,16-14-,19-18-,22-21-. The molecule has 0 aromatic heterocycles. The van der Waals surface area contributed by atoms with Gasteiger partial charge in [-0.05, 0) is 51.4 Å². The van der Waals surface area contributed by atoms with Gasteiger partial charge in [-0.15, -0.1) is 0 Å². The molecule has 10 heteroatoms. The van der Waals surface area contributed by atoms with E-state index >= 15 is 0 Å². The lowest BCUT2D eigenvalue weighted by Gasteiger charge is -2.28. The lowest BCUT2D eigenvalue weighted by molar-refractivity contribution is -0.870. The van der Waals surface area contributed by atoms with Gasteiger partial charge in [0.25, 0.3) is 7.82 Å². The second-order valence-electron chi connectivity index (χ2n) is 15.3. The van der Waals surface area contributed by atoms with Gasteiger partial charge in [0.05, 0.1) is 27.7 Å². The van der Waals surface area contributed by atoms with Crippen molar-refractivity contribution >= 4 is 19.8 Å². The SMILES string of the molecule is CC/C=C\C/C=C\C/C=C\C/C=C\CCCCCCCCCCC(=O)OC(COC(=O)CCCCCCCCCCC)COP(=O)([O-])OCC[N+](C)(C)C. The number of carbonyl (C=O) groups is 2. The number of hydrogen-bond donors (Lipinski definition) is 0. The van der Waals surface area contributed by atoms with Crippen molar-refractivity contribution in [3.63, 3.8) is 0 Å². The first-order valence-electron chi connectivity index (χ1n) is 21.3. The zero-order chi connectivity index (χ0) is 40.0. The third-order valence-electron chi connectivity index (χ3n) is 8.86. The molecule has 0 heterocycles. The average Bonchev–Trinajstić information content (AvgIpc) is 3.12. The molecule has 0 aromatic carbocycles. The van der Waals surface area contributed by atoms with E-state index in [1.54, 1.807) is 0 Å². The van der Waals surface area contributed by atoms with E-state index in [-0.39, 0.29) is 26.1 Å². The molecule has 2 atom stereocenters. The highest BCUT2D eigenvalue weighted by Gasteiger charge is 2.21. The number of nitrogens with zero attached hydrogens (tertiary/aromatic N) is 1. The van der Waals surface area contributed by atoms with Crippen LogP contribution in [0.4, 0.5) is 0 Å². The summed E-state index contributed by atoms with van der Waals surface area (Å²) < 4.78 is 33.8. The monoisotopic (exact) mass is 782 g/mol. The van der Waals surface area contributed by atoms with Crippen molar-refractivity contribution in [2.75, 3.05) is 47.5 Å². The van der Waals surface area contributed by atoms with E-state index in [0.717, 1.165) is 70.6 Å². The average molecular weight is 782 g/mol. The van der Waals surface area contributed by atoms with Gasteiger partial charge < -0.3 is 27.9 Å². The van der Waals surface area contributed by atoms with E-state index in [9.17, 15) is 19.0 Å². The van der Waals surface area contributed by atoms with Gasteiger partial charge in [0, 0.05) is 12.8 Å². The second-order valence-corrected chi connectivity index (χ2v) is 16.7. The number of allylic oxidation sites excluding steroid dienone is 8. The summed E-state index contributed by atoms with van der Waals surface area (Å²) in [6.07, 6.45) is 41.4. The normalized spacial score (nSPS) is 14.1. The van der Waals surface area contributed by atoms with Crippen LogP contribution >= 0.6 is 7.82 Å². The first kappa shape index (κ1) is 52.0. The fourth-order valence-corrected chi connectivity index (χ4v) is 6.26. The number of rotatable bonds is 38. The predicted molar refractivity (Wildman–Crippen MR) is 222 cm³/mol. The summed E-state index contributed by atoms with van der Waals surface area (Å²) in [6, 6.07) is 0. The van der Waals surface area contributed by atoms with Crippen LogP contribution in [0, 0.1) is 0 Å². The lowest BCUT2D eigenvalue weighted by atomic mass is 10.1. The van der Waals surface area contributed by atoms with Gasteiger partial charge in [0.2, 0.25) is 0 Å².